The fraction of sp³-hybridized carbons (Fsp3) is 0.143. The topological polar surface area (TPSA) is 51.2 Å². The van der Waals surface area contributed by atoms with Crippen LogP contribution in [-0.2, 0) is 11.3 Å². The van der Waals surface area contributed by atoms with Crippen LogP contribution >= 0.6 is 0 Å². The minimum Gasteiger partial charge on any atom is -0.457 e. The van der Waals surface area contributed by atoms with Gasteiger partial charge in [0.05, 0.1) is 18.2 Å². The molecule has 124 valence electrons. The van der Waals surface area contributed by atoms with Crippen LogP contribution in [0.4, 0.5) is 0 Å². The molecular weight excluding hydrogens is 312 g/mol. The normalized spacial score (nSPS) is 12.7. The second kappa shape index (κ2) is 6.40. The first-order valence-corrected chi connectivity index (χ1v) is 8.28. The first kappa shape index (κ1) is 15.4. The Balaban J connectivity index is 1.64. The van der Waals surface area contributed by atoms with Crippen molar-refractivity contribution in [2.24, 2.45) is 0 Å². The van der Waals surface area contributed by atoms with Crippen molar-refractivity contribution < 1.29 is 9.53 Å². The molecule has 3 aromatic rings. The summed E-state index contributed by atoms with van der Waals surface area (Å²) in [4.78, 5) is 17.4. The summed E-state index contributed by atoms with van der Waals surface area (Å²) in [7, 11) is 0. The molecule has 0 unspecified atom stereocenters. The summed E-state index contributed by atoms with van der Waals surface area (Å²) in [5, 5.41) is 3.02. The summed E-state index contributed by atoms with van der Waals surface area (Å²) in [6.07, 6.45) is 0. The largest absolute Gasteiger partial charge is 0.457 e. The Morgan fingerprint density at radius 2 is 1.60 bits per heavy atom. The SMILES string of the molecule is Cc1cccc(CNC(=O)C2c3ccccc3Oc3ccccc32)n1. The van der Waals surface area contributed by atoms with Crippen LogP contribution in [-0.4, -0.2) is 10.9 Å². The molecule has 25 heavy (non-hydrogen) atoms. The van der Waals surface area contributed by atoms with Gasteiger partial charge in [-0.15, -0.1) is 0 Å². The zero-order valence-electron chi connectivity index (χ0n) is 13.9. The maximum Gasteiger partial charge on any atom is 0.232 e. The van der Waals surface area contributed by atoms with Gasteiger partial charge in [-0.3, -0.25) is 9.78 Å². The van der Waals surface area contributed by atoms with Crippen molar-refractivity contribution in [1.82, 2.24) is 10.3 Å². The Bertz CT molecular complexity index is 891. The molecule has 2 heterocycles. The number of aromatic nitrogens is 1. The van der Waals surface area contributed by atoms with Crippen molar-refractivity contribution in [3.05, 3.63) is 89.2 Å². The Kier molecular flexibility index (Phi) is 3.94. The van der Waals surface area contributed by atoms with Crippen LogP contribution in [0.5, 0.6) is 11.5 Å². The van der Waals surface area contributed by atoms with Gasteiger partial charge in [-0.25, -0.2) is 0 Å². The van der Waals surface area contributed by atoms with Crippen molar-refractivity contribution >= 4 is 5.91 Å². The van der Waals surface area contributed by atoms with E-state index in [2.05, 4.69) is 10.3 Å². The van der Waals surface area contributed by atoms with Crippen LogP contribution in [0.25, 0.3) is 0 Å². The van der Waals surface area contributed by atoms with Crippen LogP contribution in [0.2, 0.25) is 0 Å². The number of rotatable bonds is 3. The van der Waals surface area contributed by atoms with E-state index in [-0.39, 0.29) is 11.8 Å². The lowest BCUT2D eigenvalue weighted by Crippen LogP contribution is -2.31. The molecule has 0 aliphatic carbocycles. The number of aryl methyl sites for hydroxylation is 1. The summed E-state index contributed by atoms with van der Waals surface area (Å²) in [5.74, 6) is 1.03. The van der Waals surface area contributed by atoms with Gasteiger partial charge in [0.1, 0.15) is 11.5 Å². The fourth-order valence-electron chi connectivity index (χ4n) is 3.17. The van der Waals surface area contributed by atoms with Crippen molar-refractivity contribution in [3.8, 4) is 11.5 Å². The quantitative estimate of drug-likeness (QED) is 0.791. The van der Waals surface area contributed by atoms with E-state index in [1.165, 1.54) is 0 Å². The molecule has 0 radical (unpaired) electrons. The molecule has 0 spiro atoms. The first-order valence-electron chi connectivity index (χ1n) is 8.28. The number of pyridine rings is 1. The van der Waals surface area contributed by atoms with E-state index >= 15 is 0 Å². The lowest BCUT2D eigenvalue weighted by atomic mass is 9.87. The lowest BCUT2D eigenvalue weighted by Gasteiger charge is -2.27. The molecule has 1 aliphatic rings. The van der Waals surface area contributed by atoms with Gasteiger partial charge in [0.25, 0.3) is 0 Å². The van der Waals surface area contributed by atoms with Crippen LogP contribution in [0, 0.1) is 6.92 Å². The average Bonchev–Trinajstić information content (AvgIpc) is 2.64. The van der Waals surface area contributed by atoms with Gasteiger partial charge in [0.15, 0.2) is 0 Å². The molecule has 4 heteroatoms. The lowest BCUT2D eigenvalue weighted by molar-refractivity contribution is -0.122. The number of hydrogen-bond donors (Lipinski definition) is 1. The Morgan fingerprint density at radius 3 is 2.24 bits per heavy atom. The number of fused-ring (bicyclic) bond motifs is 2. The summed E-state index contributed by atoms with van der Waals surface area (Å²) in [6.45, 7) is 2.35. The Labute approximate surface area is 146 Å². The molecule has 0 bridgehead atoms. The number of nitrogens with zero attached hydrogens (tertiary/aromatic N) is 1. The van der Waals surface area contributed by atoms with Crippen LogP contribution in [0.15, 0.2) is 66.7 Å². The van der Waals surface area contributed by atoms with Crippen LogP contribution in [0.1, 0.15) is 28.4 Å². The average molecular weight is 330 g/mol. The number of benzene rings is 2. The van der Waals surface area contributed by atoms with E-state index in [0.717, 1.165) is 34.0 Å². The van der Waals surface area contributed by atoms with Crippen LogP contribution < -0.4 is 10.1 Å². The second-order valence-electron chi connectivity index (χ2n) is 6.10. The number of carbonyl (C=O) groups is 1. The molecule has 0 saturated carbocycles. The summed E-state index contributed by atoms with van der Waals surface area (Å²) in [5.41, 5.74) is 3.56. The van der Waals surface area contributed by atoms with Gasteiger partial charge in [-0.05, 0) is 31.2 Å². The van der Waals surface area contributed by atoms with E-state index in [4.69, 9.17) is 4.74 Å². The monoisotopic (exact) mass is 330 g/mol. The molecule has 1 aromatic heterocycles. The standard InChI is InChI=1S/C21H18N2O2/c1-14-7-6-8-15(23-14)13-22-21(24)20-16-9-2-4-11-18(16)25-19-12-5-3-10-17(19)20/h2-12,20H,13H2,1H3,(H,22,24). The maximum absolute atomic E-state index is 13.0. The van der Waals surface area contributed by atoms with Gasteiger partial charge in [0, 0.05) is 16.8 Å². The Morgan fingerprint density at radius 1 is 0.960 bits per heavy atom. The van der Waals surface area contributed by atoms with Crippen molar-refractivity contribution in [1.29, 1.82) is 0 Å². The molecule has 4 rings (SSSR count). The zero-order chi connectivity index (χ0) is 17.2. The summed E-state index contributed by atoms with van der Waals surface area (Å²) in [6, 6.07) is 21.2. The third-order valence-corrected chi connectivity index (χ3v) is 4.33. The number of nitrogens with one attached hydrogen (secondary N) is 1. The van der Waals surface area contributed by atoms with E-state index < -0.39 is 0 Å². The summed E-state index contributed by atoms with van der Waals surface area (Å²) < 4.78 is 5.94. The molecule has 4 nitrogen and oxygen atoms in total. The molecule has 0 saturated heterocycles. The third kappa shape index (κ3) is 2.98. The van der Waals surface area contributed by atoms with Gasteiger partial charge in [-0.2, -0.15) is 0 Å². The maximum atomic E-state index is 13.0. The second-order valence-corrected chi connectivity index (χ2v) is 6.10. The highest BCUT2D eigenvalue weighted by molar-refractivity contribution is 5.89. The van der Waals surface area contributed by atoms with Gasteiger partial charge >= 0.3 is 0 Å². The third-order valence-electron chi connectivity index (χ3n) is 4.33. The molecular formula is C21H18N2O2. The first-order chi connectivity index (χ1) is 12.2. The van der Waals surface area contributed by atoms with Gasteiger partial charge < -0.3 is 10.1 Å². The van der Waals surface area contributed by atoms with E-state index in [0.29, 0.717) is 6.54 Å². The molecule has 1 N–H and O–H groups in total. The number of amides is 1. The van der Waals surface area contributed by atoms with Gasteiger partial charge in [-0.1, -0.05) is 42.5 Å². The Hall–Kier alpha value is -3.14. The van der Waals surface area contributed by atoms with Gasteiger partial charge in [0.2, 0.25) is 5.91 Å². The highest BCUT2D eigenvalue weighted by Crippen LogP contribution is 2.43. The van der Waals surface area contributed by atoms with Crippen molar-refractivity contribution in [2.75, 3.05) is 0 Å². The van der Waals surface area contributed by atoms with E-state index in [9.17, 15) is 4.79 Å². The predicted octanol–water partition coefficient (Wildman–Crippen LogP) is 3.94. The number of carbonyl (C=O) groups excluding carboxylic acids is 1. The van der Waals surface area contributed by atoms with Crippen LogP contribution in [0.3, 0.4) is 0 Å². The predicted molar refractivity (Wildman–Crippen MR) is 95.6 cm³/mol. The minimum atomic E-state index is -0.383. The van der Waals surface area contributed by atoms with Crippen molar-refractivity contribution in [2.45, 2.75) is 19.4 Å². The van der Waals surface area contributed by atoms with E-state index in [1.54, 1.807) is 0 Å². The highest BCUT2D eigenvalue weighted by atomic mass is 16.5. The minimum absolute atomic E-state index is 0.0495. The number of hydrogen-bond acceptors (Lipinski definition) is 3. The number of ether oxygens (including phenoxy) is 1. The smallest absolute Gasteiger partial charge is 0.232 e. The molecule has 2 aromatic carbocycles. The molecule has 0 fully saturated rings. The highest BCUT2D eigenvalue weighted by Gasteiger charge is 2.32. The summed E-state index contributed by atoms with van der Waals surface area (Å²) >= 11 is 0. The van der Waals surface area contributed by atoms with E-state index in [1.807, 2.05) is 73.7 Å². The fourth-order valence-corrected chi connectivity index (χ4v) is 3.17. The molecule has 1 amide bonds. The molecule has 0 atom stereocenters. The molecule has 1 aliphatic heterocycles. The zero-order valence-corrected chi connectivity index (χ0v) is 13.9. The number of para-hydroxylation sites is 2. The van der Waals surface area contributed by atoms with Crippen molar-refractivity contribution in [3.63, 3.8) is 0 Å².